The van der Waals surface area contributed by atoms with Crippen molar-refractivity contribution >= 4 is 22.6 Å². The van der Waals surface area contributed by atoms with Crippen molar-refractivity contribution in [1.82, 2.24) is 9.78 Å². The van der Waals surface area contributed by atoms with Gasteiger partial charge in [-0.3, -0.25) is 4.79 Å². The second-order valence-electron chi connectivity index (χ2n) is 5.20. The van der Waals surface area contributed by atoms with Crippen LogP contribution in [0.3, 0.4) is 0 Å². The van der Waals surface area contributed by atoms with Crippen LogP contribution >= 0.6 is 11.6 Å². The summed E-state index contributed by atoms with van der Waals surface area (Å²) in [7, 11) is 0. The lowest BCUT2D eigenvalue weighted by Gasteiger charge is -2.00. The largest absolute Gasteiger partial charge is 0.436 e. The molecule has 0 radical (unpaired) electrons. The summed E-state index contributed by atoms with van der Waals surface area (Å²) in [6.45, 7) is 2.00. The molecule has 2 aromatic rings. The number of halogens is 1. The summed E-state index contributed by atoms with van der Waals surface area (Å²) in [5, 5.41) is 5.78. The summed E-state index contributed by atoms with van der Waals surface area (Å²) in [6, 6.07) is 14.6. The molecule has 0 bridgehead atoms. The highest BCUT2D eigenvalue weighted by Crippen LogP contribution is 2.26. The number of hydrogen-bond donors (Lipinski definition) is 0. The second kappa shape index (κ2) is 4.71. The fourth-order valence-corrected chi connectivity index (χ4v) is 2.61. The molecule has 22 heavy (non-hydrogen) atoms. The van der Waals surface area contributed by atoms with E-state index in [1.54, 1.807) is 24.3 Å². The molecule has 0 amide bonds. The number of benzene rings is 2. The molecular weight excluding hydrogens is 300 g/mol. The molecule has 4 rings (SSSR count). The van der Waals surface area contributed by atoms with Gasteiger partial charge in [0.25, 0.3) is 5.56 Å². The Morgan fingerprint density at radius 2 is 1.86 bits per heavy atom. The van der Waals surface area contributed by atoms with Crippen molar-refractivity contribution < 1.29 is 4.42 Å². The topological polar surface area (TPSA) is 48.0 Å². The normalized spacial score (nSPS) is 11.4. The molecule has 2 heterocycles. The first kappa shape index (κ1) is 13.1. The molecule has 0 N–H and O–H groups in total. The van der Waals surface area contributed by atoms with Crippen molar-refractivity contribution in [3.05, 3.63) is 69.5 Å². The summed E-state index contributed by atoms with van der Waals surface area (Å²) >= 11 is 5.88. The van der Waals surface area contributed by atoms with Gasteiger partial charge in [-0.25, -0.2) is 0 Å². The third kappa shape index (κ3) is 2.00. The third-order valence-electron chi connectivity index (χ3n) is 3.59. The van der Waals surface area contributed by atoms with Crippen LogP contribution in [0.2, 0.25) is 5.02 Å². The molecule has 2 aromatic carbocycles. The Morgan fingerprint density at radius 1 is 1.09 bits per heavy atom. The smallest absolute Gasteiger partial charge is 0.284 e. The SMILES string of the molecule is Cc1ccc2oc3nn(-c4ccc(Cl)cc4)c(=O)c-3cc2c1. The Bertz CT molecular complexity index is 1020. The van der Waals surface area contributed by atoms with Gasteiger partial charge in [0.1, 0.15) is 11.1 Å². The molecule has 5 heteroatoms. The highest BCUT2D eigenvalue weighted by Gasteiger charge is 2.19. The molecule has 0 atom stereocenters. The van der Waals surface area contributed by atoms with Crippen LogP contribution in [0.4, 0.5) is 0 Å². The monoisotopic (exact) mass is 310 g/mol. The van der Waals surface area contributed by atoms with Gasteiger partial charge >= 0.3 is 0 Å². The lowest BCUT2D eigenvalue weighted by molar-refractivity contribution is 0.591. The van der Waals surface area contributed by atoms with Crippen LogP contribution in [0.5, 0.6) is 0 Å². The van der Waals surface area contributed by atoms with E-state index in [4.69, 9.17) is 16.0 Å². The molecule has 0 aromatic heterocycles. The number of nitrogens with zero attached hydrogens (tertiary/aromatic N) is 2. The minimum absolute atomic E-state index is 0.204. The fourth-order valence-electron chi connectivity index (χ4n) is 2.49. The van der Waals surface area contributed by atoms with E-state index >= 15 is 0 Å². The average Bonchev–Trinajstić information content (AvgIpc) is 2.82. The number of rotatable bonds is 1. The molecule has 0 aliphatic carbocycles. The van der Waals surface area contributed by atoms with Gasteiger partial charge < -0.3 is 4.42 Å². The lowest BCUT2D eigenvalue weighted by Crippen LogP contribution is -2.14. The van der Waals surface area contributed by atoms with Gasteiger partial charge in [-0.05, 0) is 49.4 Å². The molecule has 0 saturated heterocycles. The van der Waals surface area contributed by atoms with Gasteiger partial charge in [0.05, 0.1) is 5.69 Å². The maximum Gasteiger partial charge on any atom is 0.284 e. The first-order valence-corrected chi connectivity index (χ1v) is 7.19. The Labute approximate surface area is 130 Å². The van der Waals surface area contributed by atoms with E-state index in [2.05, 4.69) is 5.10 Å². The highest BCUT2D eigenvalue weighted by atomic mass is 35.5. The molecule has 108 valence electrons. The molecule has 0 unspecified atom stereocenters. The Balaban J connectivity index is 2.00. The Hall–Kier alpha value is -2.59. The van der Waals surface area contributed by atoms with E-state index < -0.39 is 0 Å². The van der Waals surface area contributed by atoms with Crippen molar-refractivity contribution in [3.63, 3.8) is 0 Å². The first-order valence-electron chi connectivity index (χ1n) is 6.81. The van der Waals surface area contributed by atoms with Crippen LogP contribution in [-0.2, 0) is 0 Å². The van der Waals surface area contributed by atoms with E-state index in [0.29, 0.717) is 27.7 Å². The zero-order valence-electron chi connectivity index (χ0n) is 11.7. The summed E-state index contributed by atoms with van der Waals surface area (Å²) in [5.74, 6) is 0.330. The maximum absolute atomic E-state index is 12.5. The Morgan fingerprint density at radius 3 is 2.64 bits per heavy atom. The van der Waals surface area contributed by atoms with Gasteiger partial charge in [0, 0.05) is 10.4 Å². The highest BCUT2D eigenvalue weighted by molar-refractivity contribution is 6.30. The van der Waals surface area contributed by atoms with Gasteiger partial charge in [-0.2, -0.15) is 4.68 Å². The number of aromatic nitrogens is 2. The van der Waals surface area contributed by atoms with Crippen molar-refractivity contribution in [1.29, 1.82) is 0 Å². The predicted octanol–water partition coefficient (Wildman–Crippen LogP) is 4.05. The minimum Gasteiger partial charge on any atom is -0.436 e. The van der Waals surface area contributed by atoms with E-state index in [1.807, 2.05) is 31.2 Å². The molecule has 2 aliphatic heterocycles. The van der Waals surface area contributed by atoms with Crippen molar-refractivity contribution in [2.45, 2.75) is 6.92 Å². The summed E-state index contributed by atoms with van der Waals surface area (Å²) < 4.78 is 7.08. The summed E-state index contributed by atoms with van der Waals surface area (Å²) in [4.78, 5) is 12.5. The van der Waals surface area contributed by atoms with E-state index in [-0.39, 0.29) is 5.56 Å². The lowest BCUT2D eigenvalue weighted by atomic mass is 10.1. The van der Waals surface area contributed by atoms with Gasteiger partial charge in [0.15, 0.2) is 0 Å². The number of hydrogen-bond acceptors (Lipinski definition) is 3. The predicted molar refractivity (Wildman–Crippen MR) is 86.0 cm³/mol. The second-order valence-corrected chi connectivity index (χ2v) is 5.64. The quantitative estimate of drug-likeness (QED) is 0.533. The van der Waals surface area contributed by atoms with E-state index in [0.717, 1.165) is 10.9 Å². The standard InChI is InChI=1S/C17H11ClN2O2/c1-10-2-7-15-11(8-10)9-14-16(22-15)19-20(17(14)21)13-5-3-12(18)4-6-13/h2-9H,1H3. The van der Waals surface area contributed by atoms with Crippen molar-refractivity contribution in [2.75, 3.05) is 0 Å². The van der Waals surface area contributed by atoms with Crippen LogP contribution < -0.4 is 5.56 Å². The molecule has 0 saturated carbocycles. The Kier molecular flexibility index (Phi) is 2.81. The molecule has 0 fully saturated rings. The molecular formula is C17H11ClN2O2. The molecule has 2 aliphatic rings. The van der Waals surface area contributed by atoms with E-state index in [1.165, 1.54) is 4.68 Å². The fraction of sp³-hybridized carbons (Fsp3) is 0.0588. The third-order valence-corrected chi connectivity index (χ3v) is 3.84. The summed E-state index contributed by atoms with van der Waals surface area (Å²) in [6.07, 6.45) is 0. The molecule has 0 spiro atoms. The van der Waals surface area contributed by atoms with Gasteiger partial charge in [-0.1, -0.05) is 23.2 Å². The van der Waals surface area contributed by atoms with Gasteiger partial charge in [-0.15, -0.1) is 5.10 Å². The van der Waals surface area contributed by atoms with Crippen LogP contribution in [-0.4, -0.2) is 9.78 Å². The number of fused-ring (bicyclic) bond motifs is 2. The van der Waals surface area contributed by atoms with Gasteiger partial charge in [0.2, 0.25) is 5.89 Å². The van der Waals surface area contributed by atoms with Crippen LogP contribution in [0.15, 0.2) is 57.7 Å². The number of aryl methyl sites for hydroxylation is 1. The minimum atomic E-state index is -0.204. The zero-order valence-corrected chi connectivity index (χ0v) is 12.5. The first-order chi connectivity index (χ1) is 10.6. The molecule has 4 nitrogen and oxygen atoms in total. The van der Waals surface area contributed by atoms with Crippen LogP contribution in [0, 0.1) is 6.92 Å². The maximum atomic E-state index is 12.5. The van der Waals surface area contributed by atoms with E-state index in [9.17, 15) is 4.79 Å². The van der Waals surface area contributed by atoms with Crippen LogP contribution in [0.1, 0.15) is 5.56 Å². The van der Waals surface area contributed by atoms with Crippen molar-refractivity contribution in [3.8, 4) is 17.1 Å². The average molecular weight is 311 g/mol. The van der Waals surface area contributed by atoms with Crippen LogP contribution in [0.25, 0.3) is 28.1 Å². The van der Waals surface area contributed by atoms with Crippen molar-refractivity contribution in [2.24, 2.45) is 0 Å². The summed E-state index contributed by atoms with van der Waals surface area (Å²) in [5.41, 5.74) is 2.73. The zero-order chi connectivity index (χ0) is 15.3.